The number of carbonyl (C=O) groups is 1. The number of likely N-dealkylation sites (N-methyl/N-ethyl adjacent to an activating group) is 1. The largest absolute Gasteiger partial charge is 0.491 e. The molecule has 0 aliphatic carbocycles. The summed E-state index contributed by atoms with van der Waals surface area (Å²) in [6.45, 7) is 5.75. The van der Waals surface area contributed by atoms with E-state index in [1.165, 1.54) is 12.8 Å². The summed E-state index contributed by atoms with van der Waals surface area (Å²) in [6, 6.07) is 7.63. The van der Waals surface area contributed by atoms with Gasteiger partial charge in [-0.25, -0.2) is 5.84 Å². The van der Waals surface area contributed by atoms with E-state index in [1.807, 2.05) is 6.07 Å². The van der Waals surface area contributed by atoms with Gasteiger partial charge in [-0.3, -0.25) is 10.2 Å². The van der Waals surface area contributed by atoms with Gasteiger partial charge in [0, 0.05) is 12.6 Å². The predicted octanol–water partition coefficient (Wildman–Crippen LogP) is 1.79. The van der Waals surface area contributed by atoms with E-state index in [4.69, 9.17) is 10.6 Å². The van der Waals surface area contributed by atoms with Gasteiger partial charge in [0.25, 0.3) is 5.91 Å². The lowest BCUT2D eigenvalue weighted by Crippen LogP contribution is -2.33. The fourth-order valence-corrected chi connectivity index (χ4v) is 2.02. The first-order valence-corrected chi connectivity index (χ1v) is 7.03. The second kappa shape index (κ2) is 8.55. The molecule has 1 atom stereocenters. The van der Waals surface area contributed by atoms with Crippen LogP contribution in [0.3, 0.4) is 0 Å². The number of carbonyl (C=O) groups excluding carboxylic acids is 1. The molecule has 1 amide bonds. The highest BCUT2D eigenvalue weighted by molar-refractivity contribution is 5.96. The van der Waals surface area contributed by atoms with E-state index in [2.05, 4.69) is 31.2 Å². The molecule has 0 saturated carbocycles. The van der Waals surface area contributed by atoms with Gasteiger partial charge in [-0.05, 0) is 32.5 Å². The molecule has 3 N–H and O–H groups in total. The number of nitrogens with zero attached hydrogens (tertiary/aromatic N) is 1. The van der Waals surface area contributed by atoms with Crippen LogP contribution in [0, 0.1) is 0 Å². The third-order valence-corrected chi connectivity index (χ3v) is 3.42. The van der Waals surface area contributed by atoms with Gasteiger partial charge in [0.1, 0.15) is 12.4 Å². The minimum Gasteiger partial charge on any atom is -0.491 e. The Bertz CT molecular complexity index is 423. The van der Waals surface area contributed by atoms with Crippen molar-refractivity contribution in [3.63, 3.8) is 0 Å². The van der Waals surface area contributed by atoms with E-state index in [-0.39, 0.29) is 5.91 Å². The van der Waals surface area contributed by atoms with E-state index in [1.54, 1.807) is 18.2 Å². The first-order chi connectivity index (χ1) is 9.60. The van der Waals surface area contributed by atoms with Crippen molar-refractivity contribution in [3.05, 3.63) is 29.8 Å². The summed E-state index contributed by atoms with van der Waals surface area (Å²) in [5.74, 6) is 5.38. The molecule has 1 aromatic carbocycles. The van der Waals surface area contributed by atoms with Crippen LogP contribution in [0.25, 0.3) is 0 Å². The molecule has 1 rings (SSSR count). The molecule has 112 valence electrons. The molecule has 20 heavy (non-hydrogen) atoms. The van der Waals surface area contributed by atoms with E-state index < -0.39 is 0 Å². The molecule has 0 spiro atoms. The molecule has 1 unspecified atom stereocenters. The van der Waals surface area contributed by atoms with E-state index in [9.17, 15) is 4.79 Å². The molecular weight excluding hydrogens is 254 g/mol. The monoisotopic (exact) mass is 279 g/mol. The number of amides is 1. The van der Waals surface area contributed by atoms with E-state index >= 15 is 0 Å². The van der Waals surface area contributed by atoms with Gasteiger partial charge in [-0.2, -0.15) is 0 Å². The molecule has 0 aromatic heterocycles. The van der Waals surface area contributed by atoms with E-state index in [0.717, 1.165) is 6.54 Å². The van der Waals surface area contributed by atoms with Gasteiger partial charge < -0.3 is 9.64 Å². The number of nitrogens with two attached hydrogens (primary N) is 1. The lowest BCUT2D eigenvalue weighted by molar-refractivity contribution is 0.0948. The summed E-state index contributed by atoms with van der Waals surface area (Å²) in [5, 5.41) is 0. The third kappa shape index (κ3) is 4.83. The van der Waals surface area contributed by atoms with Crippen LogP contribution in [0.4, 0.5) is 0 Å². The molecule has 0 heterocycles. The second-order valence-corrected chi connectivity index (χ2v) is 4.94. The smallest absolute Gasteiger partial charge is 0.268 e. The summed E-state index contributed by atoms with van der Waals surface area (Å²) in [5.41, 5.74) is 2.58. The van der Waals surface area contributed by atoms with Gasteiger partial charge in [0.05, 0.1) is 5.56 Å². The average molecular weight is 279 g/mol. The Balaban J connectivity index is 2.52. The molecule has 0 radical (unpaired) electrons. The zero-order chi connectivity index (χ0) is 15.0. The molecule has 5 nitrogen and oxygen atoms in total. The third-order valence-electron chi connectivity index (χ3n) is 3.42. The highest BCUT2D eigenvalue weighted by atomic mass is 16.5. The summed E-state index contributed by atoms with van der Waals surface area (Å²) in [6.07, 6.45) is 2.34. The maximum absolute atomic E-state index is 11.6. The Labute approximate surface area is 121 Å². The number of rotatable bonds is 8. The Hall–Kier alpha value is -1.59. The standard InChI is InChI=1S/C15H25N3O2/c1-4-7-12(2)18(3)10-11-20-14-9-6-5-8-13(14)15(19)17-16/h5-6,8-9,12H,4,7,10-11,16H2,1-3H3,(H,17,19). The van der Waals surface area contributed by atoms with Crippen LogP contribution in [-0.2, 0) is 0 Å². The Kier molecular flexibility index (Phi) is 7.04. The second-order valence-electron chi connectivity index (χ2n) is 4.94. The summed E-state index contributed by atoms with van der Waals surface area (Å²) in [7, 11) is 2.09. The minimum atomic E-state index is -0.340. The SMILES string of the molecule is CCCC(C)N(C)CCOc1ccccc1C(=O)NN. The lowest BCUT2D eigenvalue weighted by Gasteiger charge is -2.24. The first-order valence-electron chi connectivity index (χ1n) is 7.03. The van der Waals surface area contributed by atoms with Crippen molar-refractivity contribution in [2.75, 3.05) is 20.2 Å². The summed E-state index contributed by atoms with van der Waals surface area (Å²) >= 11 is 0. The zero-order valence-electron chi connectivity index (χ0n) is 12.6. The number of ether oxygens (including phenoxy) is 1. The number of hydrazine groups is 1. The van der Waals surface area contributed by atoms with Crippen molar-refractivity contribution in [2.24, 2.45) is 5.84 Å². The van der Waals surface area contributed by atoms with Crippen LogP contribution in [0.5, 0.6) is 5.75 Å². The van der Waals surface area contributed by atoms with Crippen molar-refractivity contribution in [1.29, 1.82) is 0 Å². The molecule has 0 saturated heterocycles. The van der Waals surface area contributed by atoms with Crippen molar-refractivity contribution in [1.82, 2.24) is 10.3 Å². The van der Waals surface area contributed by atoms with Crippen molar-refractivity contribution in [2.45, 2.75) is 32.7 Å². The molecule has 5 heteroatoms. The average Bonchev–Trinajstić information content (AvgIpc) is 2.47. The number of hydrogen-bond donors (Lipinski definition) is 2. The molecule has 0 aliphatic rings. The number of para-hydroxylation sites is 1. The van der Waals surface area contributed by atoms with Gasteiger partial charge in [-0.1, -0.05) is 25.5 Å². The summed E-state index contributed by atoms with van der Waals surface area (Å²) in [4.78, 5) is 13.9. The first kappa shape index (κ1) is 16.5. The zero-order valence-corrected chi connectivity index (χ0v) is 12.6. The summed E-state index contributed by atoms with van der Waals surface area (Å²) < 4.78 is 5.70. The fraction of sp³-hybridized carbons (Fsp3) is 0.533. The van der Waals surface area contributed by atoms with Crippen LogP contribution in [0.15, 0.2) is 24.3 Å². The van der Waals surface area contributed by atoms with E-state index in [0.29, 0.717) is 24.0 Å². The number of nitrogens with one attached hydrogen (secondary N) is 1. The van der Waals surface area contributed by atoms with Crippen LogP contribution >= 0.6 is 0 Å². The normalized spacial score (nSPS) is 12.2. The van der Waals surface area contributed by atoms with Gasteiger partial charge in [0.2, 0.25) is 0 Å². The maximum Gasteiger partial charge on any atom is 0.268 e. The topological polar surface area (TPSA) is 67.6 Å². The highest BCUT2D eigenvalue weighted by Crippen LogP contribution is 2.17. The number of benzene rings is 1. The van der Waals surface area contributed by atoms with Crippen LogP contribution in [0.2, 0.25) is 0 Å². The minimum absolute atomic E-state index is 0.340. The molecule has 1 aromatic rings. The van der Waals surface area contributed by atoms with Crippen LogP contribution in [0.1, 0.15) is 37.0 Å². The Morgan fingerprint density at radius 2 is 2.15 bits per heavy atom. The highest BCUT2D eigenvalue weighted by Gasteiger charge is 2.12. The van der Waals surface area contributed by atoms with Crippen molar-refractivity contribution >= 4 is 5.91 Å². The van der Waals surface area contributed by atoms with Gasteiger partial charge >= 0.3 is 0 Å². The number of hydrogen-bond acceptors (Lipinski definition) is 4. The molecular formula is C15H25N3O2. The maximum atomic E-state index is 11.6. The fourth-order valence-electron chi connectivity index (χ4n) is 2.02. The molecule has 0 aliphatic heterocycles. The predicted molar refractivity (Wildman–Crippen MR) is 80.6 cm³/mol. The van der Waals surface area contributed by atoms with Crippen LogP contribution < -0.4 is 16.0 Å². The van der Waals surface area contributed by atoms with Gasteiger partial charge in [0.15, 0.2) is 0 Å². The Morgan fingerprint density at radius 1 is 1.45 bits per heavy atom. The quantitative estimate of drug-likeness (QED) is 0.432. The number of nitrogen functional groups attached to an aromatic ring is 1. The lowest BCUT2D eigenvalue weighted by atomic mass is 10.2. The van der Waals surface area contributed by atoms with Crippen LogP contribution in [-0.4, -0.2) is 37.0 Å². The Morgan fingerprint density at radius 3 is 2.80 bits per heavy atom. The molecule has 0 bridgehead atoms. The van der Waals surface area contributed by atoms with Crippen molar-refractivity contribution in [3.8, 4) is 5.75 Å². The van der Waals surface area contributed by atoms with Crippen molar-refractivity contribution < 1.29 is 9.53 Å². The molecule has 0 fully saturated rings. The van der Waals surface area contributed by atoms with Gasteiger partial charge in [-0.15, -0.1) is 0 Å².